The smallest absolute Gasteiger partial charge is 0.338 e. The van der Waals surface area contributed by atoms with Crippen LogP contribution < -0.4 is 0 Å². The van der Waals surface area contributed by atoms with Crippen LogP contribution in [0.5, 0.6) is 0 Å². The fourth-order valence-electron chi connectivity index (χ4n) is 11.4. The van der Waals surface area contributed by atoms with Crippen molar-refractivity contribution < 1.29 is 110 Å². The van der Waals surface area contributed by atoms with Gasteiger partial charge in [-0.05, 0) is 65.2 Å². The Morgan fingerprint density at radius 2 is 0.716 bits per heavy atom. The summed E-state index contributed by atoms with van der Waals surface area (Å²) in [6.45, 7) is 2.31. The van der Waals surface area contributed by atoms with Crippen LogP contribution >= 0.6 is 0 Å². The maximum Gasteiger partial charge on any atom is 0.338 e. The lowest BCUT2D eigenvalue weighted by Gasteiger charge is -2.50. The summed E-state index contributed by atoms with van der Waals surface area (Å²) in [5.74, 6) is -7.67. The van der Waals surface area contributed by atoms with Crippen LogP contribution in [0.15, 0.2) is 212 Å². The van der Waals surface area contributed by atoms with Crippen molar-refractivity contribution in [2.45, 2.75) is 119 Å². The number of hydrogen-bond acceptors (Lipinski definition) is 23. The molecule has 3 heterocycles. The lowest BCUT2D eigenvalue weighted by Crippen LogP contribution is -2.68. The molecule has 1 N–H and O–H groups in total. The zero-order chi connectivity index (χ0) is 67.0. The first kappa shape index (κ1) is 67.9. The average molecular weight is 1300 g/mol. The highest BCUT2D eigenvalue weighted by Gasteiger charge is 2.59. The van der Waals surface area contributed by atoms with E-state index in [4.69, 9.17) is 66.3 Å². The van der Waals surface area contributed by atoms with Crippen molar-refractivity contribution in [3.8, 4) is 0 Å². The number of esters is 8. The lowest BCUT2D eigenvalue weighted by molar-refractivity contribution is -0.383. The molecule has 3 saturated heterocycles. The number of aliphatic hydroxyl groups is 1. The number of aliphatic hydroxyl groups excluding tert-OH is 1. The van der Waals surface area contributed by atoms with Crippen LogP contribution in [0.3, 0.4) is 0 Å². The molecule has 0 aliphatic carbocycles. The summed E-state index contributed by atoms with van der Waals surface area (Å²) in [5, 5.41) is 12.9. The summed E-state index contributed by atoms with van der Waals surface area (Å²) in [7, 11) is 0. The van der Waals surface area contributed by atoms with Gasteiger partial charge in [-0.25, -0.2) is 19.2 Å². The minimum absolute atomic E-state index is 0.00929. The highest BCUT2D eigenvalue weighted by Crippen LogP contribution is 2.43. The Balaban J connectivity index is 1.13. The Morgan fingerprint density at radius 1 is 0.368 bits per heavy atom. The normalized spacial score (nSPS) is 24.9. The molecule has 10 rings (SSSR count). The zero-order valence-electron chi connectivity index (χ0n) is 51.8. The molecule has 0 amide bonds. The van der Waals surface area contributed by atoms with Gasteiger partial charge in [0.1, 0.15) is 36.6 Å². The topological polar surface area (TPSA) is 286 Å². The van der Waals surface area contributed by atoms with E-state index >= 15 is 0 Å². The third-order valence-electron chi connectivity index (χ3n) is 15.5. The van der Waals surface area contributed by atoms with Crippen molar-refractivity contribution in [1.29, 1.82) is 0 Å². The number of carbonyl (C=O) groups is 8. The van der Waals surface area contributed by atoms with E-state index in [-0.39, 0.29) is 22.3 Å². The minimum Gasteiger partial charge on any atom is -0.459 e. The first-order chi connectivity index (χ1) is 46.0. The van der Waals surface area contributed by atoms with E-state index in [0.29, 0.717) is 16.7 Å². The molecule has 0 radical (unpaired) electrons. The first-order valence-corrected chi connectivity index (χ1v) is 30.4. The van der Waals surface area contributed by atoms with Gasteiger partial charge in [0, 0.05) is 27.7 Å². The van der Waals surface area contributed by atoms with Crippen LogP contribution in [0, 0.1) is 0 Å². The Kier molecular flexibility index (Phi) is 22.7. The van der Waals surface area contributed by atoms with E-state index in [0.717, 1.165) is 27.7 Å². The van der Waals surface area contributed by atoms with E-state index < -0.39 is 159 Å². The summed E-state index contributed by atoms with van der Waals surface area (Å²) in [6, 6.07) is 58.2. The Bertz CT molecular complexity index is 3620. The molecule has 0 unspecified atom stereocenters. The van der Waals surface area contributed by atoms with Crippen molar-refractivity contribution in [3.63, 3.8) is 0 Å². The lowest BCUT2D eigenvalue weighted by atomic mass is 9.80. The molecular weight excluding hydrogens is 1230 g/mol. The predicted molar refractivity (Wildman–Crippen MR) is 330 cm³/mol. The number of carbonyl (C=O) groups excluding carboxylic acids is 8. The molecule has 7 aromatic rings. The number of hydrogen-bond donors (Lipinski definition) is 1. The van der Waals surface area contributed by atoms with Gasteiger partial charge in [-0.3, -0.25) is 19.2 Å². The van der Waals surface area contributed by atoms with E-state index in [1.165, 1.54) is 48.5 Å². The van der Waals surface area contributed by atoms with Crippen molar-refractivity contribution in [3.05, 3.63) is 251 Å². The minimum atomic E-state index is -2.28. The molecule has 0 saturated carbocycles. The van der Waals surface area contributed by atoms with Gasteiger partial charge < -0.3 is 71.4 Å². The van der Waals surface area contributed by atoms with E-state index in [9.17, 15) is 43.5 Å². The molecule has 23 heteroatoms. The van der Waals surface area contributed by atoms with Gasteiger partial charge in [-0.1, -0.05) is 164 Å². The molecule has 7 aromatic carbocycles. The SMILES string of the molecule is CC(=O)O[C@@H]1[C@@H](OC(C)=O)[C@H](O[C@@H]2[C@@H](O[C@@H]3O[C@H](COC(=O)c4ccccc4)[C@H](OC(=O)c4ccccc4)[C@H](OC(=O)c4ccccc4)[C@H]3OC(=O)c3ccccc3)[C@@H](O)O[C@H](COC(c3ccccc3)(c3ccccc3)c3ccccc3)[C@H]2OC(C)=O)OC[C@H]1OC(C)=O. The van der Waals surface area contributed by atoms with Crippen LogP contribution in [-0.2, 0) is 91.1 Å². The summed E-state index contributed by atoms with van der Waals surface area (Å²) < 4.78 is 88.4. The van der Waals surface area contributed by atoms with Crippen LogP contribution in [0.2, 0.25) is 0 Å². The maximum atomic E-state index is 14.7. The summed E-state index contributed by atoms with van der Waals surface area (Å²) >= 11 is 0. The quantitative estimate of drug-likeness (QED) is 0.0363. The Labute approximate surface area is 545 Å². The van der Waals surface area contributed by atoms with E-state index in [1.807, 2.05) is 91.0 Å². The standard InChI is InChI=1S/C72H68O23/c1-43(73)85-54-41-83-70(63(88-46(4)76)59(54)87-45(3)75)94-60-57(86-44(2)74)56(42-84-72(51-34-20-9-21-35-51,52-36-22-10-23-37-52)53-38-24-11-25-39-53)89-69(81)62(60)95-71-64(93-68(80)50-32-18-8-19-33-50)61(92-67(79)49-30-16-7-17-31-49)58(91-66(78)48-28-14-6-15-29-48)55(90-71)40-82-65(77)47-26-12-5-13-27-47/h5-39,54-64,69-71,81H,40-42H2,1-4H3/t54-,55-,56-,57-,58+,59+,60+,61+,62-,63-,64-,69+,70+,71+/m1/s1. The molecule has 23 nitrogen and oxygen atoms in total. The van der Waals surface area contributed by atoms with Gasteiger partial charge in [0.05, 0.1) is 35.5 Å². The predicted octanol–water partition coefficient (Wildman–Crippen LogP) is 7.82. The van der Waals surface area contributed by atoms with Crippen molar-refractivity contribution in [1.82, 2.24) is 0 Å². The third kappa shape index (κ3) is 16.7. The van der Waals surface area contributed by atoms with Gasteiger partial charge in [-0.15, -0.1) is 0 Å². The van der Waals surface area contributed by atoms with Crippen LogP contribution in [0.25, 0.3) is 0 Å². The second-order valence-corrected chi connectivity index (χ2v) is 22.1. The molecule has 95 heavy (non-hydrogen) atoms. The van der Waals surface area contributed by atoms with Crippen molar-refractivity contribution >= 4 is 47.8 Å². The van der Waals surface area contributed by atoms with Gasteiger partial charge >= 0.3 is 47.8 Å². The zero-order valence-corrected chi connectivity index (χ0v) is 51.8. The van der Waals surface area contributed by atoms with Crippen LogP contribution in [-0.4, -0.2) is 159 Å². The average Bonchev–Trinajstić information content (AvgIpc) is 0.764. The van der Waals surface area contributed by atoms with Crippen molar-refractivity contribution in [2.24, 2.45) is 0 Å². The fraction of sp³-hybridized carbons (Fsp3) is 0.306. The number of benzene rings is 7. The number of rotatable bonds is 23. The molecule has 3 aliphatic rings. The Hall–Kier alpha value is -9.98. The summed E-state index contributed by atoms with van der Waals surface area (Å²) in [4.78, 5) is 110. The monoisotopic (exact) mass is 1300 g/mol. The summed E-state index contributed by atoms with van der Waals surface area (Å²) in [6.07, 6.45) is -26.4. The van der Waals surface area contributed by atoms with Gasteiger partial charge in [0.25, 0.3) is 0 Å². The van der Waals surface area contributed by atoms with Crippen LogP contribution in [0.1, 0.15) is 85.8 Å². The second kappa shape index (κ2) is 31.8. The first-order valence-electron chi connectivity index (χ1n) is 30.4. The molecule has 494 valence electrons. The van der Waals surface area contributed by atoms with E-state index in [2.05, 4.69) is 0 Å². The molecule has 0 spiro atoms. The number of ether oxygens (including phenoxy) is 14. The second-order valence-electron chi connectivity index (χ2n) is 22.1. The maximum absolute atomic E-state index is 14.7. The van der Waals surface area contributed by atoms with Crippen molar-refractivity contribution in [2.75, 3.05) is 19.8 Å². The third-order valence-corrected chi connectivity index (χ3v) is 15.5. The highest BCUT2D eigenvalue weighted by molar-refractivity contribution is 5.92. The summed E-state index contributed by atoms with van der Waals surface area (Å²) in [5.41, 5.74) is 0.454. The molecule has 14 atom stereocenters. The molecule has 0 bridgehead atoms. The highest BCUT2D eigenvalue weighted by atomic mass is 16.8. The van der Waals surface area contributed by atoms with Gasteiger partial charge in [0.15, 0.2) is 61.6 Å². The van der Waals surface area contributed by atoms with Gasteiger partial charge in [-0.2, -0.15) is 0 Å². The molecule has 3 fully saturated rings. The molecule has 0 aromatic heterocycles. The van der Waals surface area contributed by atoms with Crippen LogP contribution in [0.4, 0.5) is 0 Å². The molecule has 3 aliphatic heterocycles. The fourth-order valence-corrected chi connectivity index (χ4v) is 11.4. The van der Waals surface area contributed by atoms with E-state index in [1.54, 1.807) is 72.8 Å². The van der Waals surface area contributed by atoms with Gasteiger partial charge in [0.2, 0.25) is 0 Å². The molecular formula is C72H68O23. The Morgan fingerprint density at radius 3 is 1.16 bits per heavy atom. The largest absolute Gasteiger partial charge is 0.459 e.